The summed E-state index contributed by atoms with van der Waals surface area (Å²) in [6, 6.07) is 10.9. The van der Waals surface area contributed by atoms with Crippen molar-refractivity contribution in [1.82, 2.24) is 15.1 Å². The minimum atomic E-state index is -0.0545. The van der Waals surface area contributed by atoms with Crippen LogP contribution in [-0.4, -0.2) is 28.1 Å². The molecule has 2 aromatic heterocycles. The highest BCUT2D eigenvalue weighted by atomic mass is 16.5. The van der Waals surface area contributed by atoms with Crippen LogP contribution in [0.25, 0.3) is 11.4 Å². The molecule has 0 bridgehead atoms. The van der Waals surface area contributed by atoms with Crippen molar-refractivity contribution in [3.8, 4) is 17.1 Å². The zero-order valence-corrected chi connectivity index (χ0v) is 13.8. The second-order valence-electron chi connectivity index (χ2n) is 5.38. The number of anilines is 1. The molecule has 3 aromatic rings. The summed E-state index contributed by atoms with van der Waals surface area (Å²) in [5.41, 5.74) is 1.59. The quantitative estimate of drug-likeness (QED) is 0.712. The van der Waals surface area contributed by atoms with Gasteiger partial charge in [-0.1, -0.05) is 5.16 Å². The summed E-state index contributed by atoms with van der Waals surface area (Å²) in [5.74, 6) is 1.76. The molecular formula is C18H18N4O3. The van der Waals surface area contributed by atoms with Gasteiger partial charge < -0.3 is 14.6 Å². The fourth-order valence-electron chi connectivity index (χ4n) is 2.27. The van der Waals surface area contributed by atoms with Crippen LogP contribution in [0.4, 0.5) is 5.69 Å². The van der Waals surface area contributed by atoms with Crippen molar-refractivity contribution < 1.29 is 14.1 Å². The number of benzene rings is 1. The number of nitrogens with one attached hydrogen (secondary N) is 1. The van der Waals surface area contributed by atoms with Crippen LogP contribution >= 0.6 is 0 Å². The molecule has 0 radical (unpaired) electrons. The van der Waals surface area contributed by atoms with E-state index in [1.165, 1.54) is 0 Å². The third kappa shape index (κ3) is 4.63. The van der Waals surface area contributed by atoms with E-state index in [0.717, 1.165) is 17.0 Å². The van der Waals surface area contributed by atoms with Gasteiger partial charge in [0.15, 0.2) is 0 Å². The molecule has 0 aliphatic carbocycles. The summed E-state index contributed by atoms with van der Waals surface area (Å²) in [6.07, 6.45) is 4.82. The number of hydrogen-bond acceptors (Lipinski definition) is 6. The highest BCUT2D eigenvalue weighted by molar-refractivity contribution is 5.90. The second-order valence-corrected chi connectivity index (χ2v) is 5.38. The first-order chi connectivity index (χ1) is 12.2. The van der Waals surface area contributed by atoms with Crippen molar-refractivity contribution >= 4 is 11.6 Å². The first-order valence-corrected chi connectivity index (χ1v) is 7.91. The predicted molar refractivity (Wildman–Crippen MR) is 92.1 cm³/mol. The molecule has 0 unspecified atom stereocenters. The van der Waals surface area contributed by atoms with Gasteiger partial charge in [-0.25, -0.2) is 0 Å². The Morgan fingerprint density at radius 1 is 1.16 bits per heavy atom. The summed E-state index contributed by atoms with van der Waals surface area (Å²) in [4.78, 5) is 20.1. The minimum Gasteiger partial charge on any atom is -0.497 e. The normalized spacial score (nSPS) is 10.4. The maximum atomic E-state index is 11.9. The highest BCUT2D eigenvalue weighted by Crippen LogP contribution is 2.20. The fourth-order valence-corrected chi connectivity index (χ4v) is 2.27. The largest absolute Gasteiger partial charge is 0.497 e. The van der Waals surface area contributed by atoms with Crippen LogP contribution in [0, 0.1) is 0 Å². The molecule has 0 spiro atoms. The summed E-state index contributed by atoms with van der Waals surface area (Å²) >= 11 is 0. The maximum Gasteiger partial charge on any atom is 0.226 e. The smallest absolute Gasteiger partial charge is 0.226 e. The fraction of sp³-hybridized carbons (Fsp3) is 0.222. The molecule has 1 amide bonds. The van der Waals surface area contributed by atoms with E-state index in [1.807, 2.05) is 24.3 Å². The zero-order valence-electron chi connectivity index (χ0n) is 13.8. The predicted octanol–water partition coefficient (Wildman–Crippen LogP) is 3.10. The van der Waals surface area contributed by atoms with Crippen molar-refractivity contribution in [2.75, 3.05) is 12.4 Å². The molecule has 0 saturated carbocycles. The molecule has 7 heteroatoms. The average molecular weight is 338 g/mol. The molecule has 128 valence electrons. The molecule has 0 fully saturated rings. The Labute approximate surface area is 145 Å². The van der Waals surface area contributed by atoms with Gasteiger partial charge in [-0.15, -0.1) is 0 Å². The minimum absolute atomic E-state index is 0.0545. The lowest BCUT2D eigenvalue weighted by molar-refractivity contribution is -0.116. The van der Waals surface area contributed by atoms with Gasteiger partial charge in [0.25, 0.3) is 0 Å². The first kappa shape index (κ1) is 16.6. The number of rotatable bonds is 7. The van der Waals surface area contributed by atoms with E-state index < -0.39 is 0 Å². The van der Waals surface area contributed by atoms with Crippen LogP contribution in [0.15, 0.2) is 53.3 Å². The number of carbonyl (C=O) groups is 1. The van der Waals surface area contributed by atoms with Crippen molar-refractivity contribution in [1.29, 1.82) is 0 Å². The van der Waals surface area contributed by atoms with Gasteiger partial charge in [0.2, 0.25) is 17.6 Å². The van der Waals surface area contributed by atoms with Crippen LogP contribution in [0.5, 0.6) is 5.75 Å². The lowest BCUT2D eigenvalue weighted by atomic mass is 10.2. The summed E-state index contributed by atoms with van der Waals surface area (Å²) in [5, 5.41) is 6.79. The van der Waals surface area contributed by atoms with Crippen LogP contribution in [0.2, 0.25) is 0 Å². The Morgan fingerprint density at radius 3 is 2.64 bits per heavy atom. The van der Waals surface area contributed by atoms with E-state index in [9.17, 15) is 4.79 Å². The first-order valence-electron chi connectivity index (χ1n) is 7.91. The van der Waals surface area contributed by atoms with E-state index in [4.69, 9.17) is 9.26 Å². The molecule has 0 atom stereocenters. The van der Waals surface area contributed by atoms with E-state index in [2.05, 4.69) is 20.4 Å². The molecule has 0 saturated heterocycles. The van der Waals surface area contributed by atoms with E-state index >= 15 is 0 Å². The topological polar surface area (TPSA) is 90.1 Å². The maximum absolute atomic E-state index is 11.9. The van der Waals surface area contributed by atoms with Gasteiger partial charge in [-0.3, -0.25) is 9.78 Å². The number of ether oxygens (including phenoxy) is 1. The highest BCUT2D eigenvalue weighted by Gasteiger charge is 2.10. The van der Waals surface area contributed by atoms with E-state index in [0.29, 0.717) is 31.0 Å². The Kier molecular flexibility index (Phi) is 5.36. The summed E-state index contributed by atoms with van der Waals surface area (Å²) in [7, 11) is 1.62. The van der Waals surface area contributed by atoms with Gasteiger partial charge in [-0.05, 0) is 42.8 Å². The van der Waals surface area contributed by atoms with Crippen molar-refractivity contribution in [3.63, 3.8) is 0 Å². The SMILES string of the molecule is COc1ccc(-c2noc(CCCC(=O)Nc3ccncc3)n2)cc1. The van der Waals surface area contributed by atoms with Crippen molar-refractivity contribution in [2.24, 2.45) is 0 Å². The monoisotopic (exact) mass is 338 g/mol. The number of aromatic nitrogens is 3. The van der Waals surface area contributed by atoms with Crippen molar-refractivity contribution in [2.45, 2.75) is 19.3 Å². The Balaban J connectivity index is 1.49. The lowest BCUT2D eigenvalue weighted by Gasteiger charge is -2.03. The third-order valence-electron chi connectivity index (χ3n) is 3.57. The molecule has 2 heterocycles. The molecule has 0 aliphatic heterocycles. The lowest BCUT2D eigenvalue weighted by Crippen LogP contribution is -2.11. The van der Waals surface area contributed by atoms with Gasteiger partial charge >= 0.3 is 0 Å². The molecule has 1 aromatic carbocycles. The Hall–Kier alpha value is -3.22. The number of methoxy groups -OCH3 is 1. The number of hydrogen-bond donors (Lipinski definition) is 1. The number of amides is 1. The molecule has 3 rings (SSSR count). The number of nitrogens with zero attached hydrogens (tertiary/aromatic N) is 3. The van der Waals surface area contributed by atoms with Crippen molar-refractivity contribution in [3.05, 3.63) is 54.7 Å². The van der Waals surface area contributed by atoms with E-state index in [-0.39, 0.29) is 5.91 Å². The van der Waals surface area contributed by atoms with Crippen LogP contribution in [-0.2, 0) is 11.2 Å². The van der Waals surface area contributed by atoms with Gasteiger partial charge in [0, 0.05) is 36.5 Å². The van der Waals surface area contributed by atoms with Gasteiger partial charge in [0.05, 0.1) is 7.11 Å². The molecular weight excluding hydrogens is 320 g/mol. The van der Waals surface area contributed by atoms with E-state index in [1.54, 1.807) is 31.6 Å². The number of pyridine rings is 1. The standard InChI is InChI=1S/C18H18N4O3/c1-24-15-7-5-13(6-8-15)18-21-17(25-22-18)4-2-3-16(23)20-14-9-11-19-12-10-14/h5-12H,2-4H2,1H3,(H,19,20,23). The Bertz CT molecular complexity index is 816. The van der Waals surface area contributed by atoms with Crippen LogP contribution in [0.3, 0.4) is 0 Å². The number of carbonyl (C=O) groups excluding carboxylic acids is 1. The Morgan fingerprint density at radius 2 is 1.92 bits per heavy atom. The molecule has 25 heavy (non-hydrogen) atoms. The third-order valence-corrected chi connectivity index (χ3v) is 3.57. The molecule has 7 nitrogen and oxygen atoms in total. The van der Waals surface area contributed by atoms with Gasteiger partial charge in [-0.2, -0.15) is 4.98 Å². The van der Waals surface area contributed by atoms with Crippen LogP contribution < -0.4 is 10.1 Å². The second kappa shape index (κ2) is 8.05. The van der Waals surface area contributed by atoms with Crippen LogP contribution in [0.1, 0.15) is 18.7 Å². The zero-order chi connectivity index (χ0) is 17.5. The average Bonchev–Trinajstić information content (AvgIpc) is 3.11. The summed E-state index contributed by atoms with van der Waals surface area (Å²) < 4.78 is 10.4. The molecule has 1 N–H and O–H groups in total. The summed E-state index contributed by atoms with van der Waals surface area (Å²) in [6.45, 7) is 0. The number of aryl methyl sites for hydroxylation is 1. The molecule has 0 aliphatic rings. The van der Waals surface area contributed by atoms with Gasteiger partial charge in [0.1, 0.15) is 5.75 Å².